The van der Waals surface area contributed by atoms with Gasteiger partial charge in [0.2, 0.25) is 5.95 Å². The van der Waals surface area contributed by atoms with Crippen molar-refractivity contribution in [2.24, 2.45) is 0 Å². The highest BCUT2D eigenvalue weighted by atomic mass is 16.1. The first-order valence-electron chi connectivity index (χ1n) is 9.11. The summed E-state index contributed by atoms with van der Waals surface area (Å²) in [7, 11) is 0. The molecule has 0 fully saturated rings. The fourth-order valence-electron chi connectivity index (χ4n) is 3.58. The Hall–Kier alpha value is -3.21. The first kappa shape index (κ1) is 17.2. The molecule has 1 N–H and O–H groups in total. The van der Waals surface area contributed by atoms with Crippen molar-refractivity contribution < 1.29 is 4.79 Å². The van der Waals surface area contributed by atoms with Crippen molar-refractivity contribution in [3.8, 4) is 0 Å². The number of aromatic nitrogens is 2. The molecule has 1 aliphatic heterocycles. The molecule has 2 aromatic carbocycles. The lowest BCUT2D eigenvalue weighted by Gasteiger charge is -2.22. The smallest absolute Gasteiger partial charge is 0.258 e. The van der Waals surface area contributed by atoms with Gasteiger partial charge >= 0.3 is 0 Å². The van der Waals surface area contributed by atoms with Gasteiger partial charge < -0.3 is 10.2 Å². The van der Waals surface area contributed by atoms with Crippen molar-refractivity contribution in [1.82, 2.24) is 9.97 Å². The zero-order valence-corrected chi connectivity index (χ0v) is 15.7. The summed E-state index contributed by atoms with van der Waals surface area (Å²) in [4.78, 5) is 23.6. The predicted octanol–water partition coefficient (Wildman–Crippen LogP) is 4.43. The number of carbonyl (C=O) groups is 1. The van der Waals surface area contributed by atoms with Gasteiger partial charge in [0.15, 0.2) is 0 Å². The summed E-state index contributed by atoms with van der Waals surface area (Å²) < 4.78 is 0. The molecular weight excluding hydrogens is 336 g/mol. The van der Waals surface area contributed by atoms with Gasteiger partial charge in [0, 0.05) is 29.8 Å². The van der Waals surface area contributed by atoms with E-state index in [-0.39, 0.29) is 11.9 Å². The molecule has 2 heterocycles. The first-order chi connectivity index (χ1) is 13.0. The molecule has 3 aromatic rings. The standard InChI is InChI=1S/C22H22N4O/c1-14-8-9-19(15(2)10-14)25-21(27)18-12-23-22(24-13-18)26-16(3)11-17-6-4-5-7-20(17)26/h4-10,12-13,16H,11H2,1-3H3,(H,25,27). The van der Waals surface area contributed by atoms with Crippen molar-refractivity contribution in [1.29, 1.82) is 0 Å². The lowest BCUT2D eigenvalue weighted by Crippen LogP contribution is -2.26. The molecule has 1 aliphatic rings. The Balaban J connectivity index is 1.55. The van der Waals surface area contributed by atoms with Gasteiger partial charge in [0.05, 0.1) is 5.56 Å². The highest BCUT2D eigenvalue weighted by Gasteiger charge is 2.28. The zero-order valence-electron chi connectivity index (χ0n) is 15.7. The van der Waals surface area contributed by atoms with Crippen LogP contribution in [0.1, 0.15) is 34.0 Å². The summed E-state index contributed by atoms with van der Waals surface area (Å²) in [6.07, 6.45) is 4.15. The number of para-hydroxylation sites is 1. The third-order valence-electron chi connectivity index (χ3n) is 4.95. The van der Waals surface area contributed by atoms with Gasteiger partial charge in [-0.1, -0.05) is 35.9 Å². The monoisotopic (exact) mass is 358 g/mol. The Morgan fingerprint density at radius 1 is 1.11 bits per heavy atom. The minimum absolute atomic E-state index is 0.205. The van der Waals surface area contributed by atoms with E-state index in [4.69, 9.17) is 0 Å². The molecule has 0 spiro atoms. The number of hydrogen-bond donors (Lipinski definition) is 1. The molecule has 4 rings (SSSR count). The number of nitrogens with one attached hydrogen (secondary N) is 1. The first-order valence-corrected chi connectivity index (χ1v) is 9.11. The molecule has 0 bridgehead atoms. The highest BCUT2D eigenvalue weighted by molar-refractivity contribution is 6.04. The third-order valence-corrected chi connectivity index (χ3v) is 4.95. The van der Waals surface area contributed by atoms with E-state index >= 15 is 0 Å². The summed E-state index contributed by atoms with van der Waals surface area (Å²) in [5, 5.41) is 2.93. The van der Waals surface area contributed by atoms with Crippen LogP contribution in [0.4, 0.5) is 17.3 Å². The lowest BCUT2D eigenvalue weighted by atomic mass is 10.1. The second-order valence-corrected chi connectivity index (χ2v) is 7.10. The molecule has 5 nitrogen and oxygen atoms in total. The fraction of sp³-hybridized carbons (Fsp3) is 0.227. The number of aryl methyl sites for hydroxylation is 2. The van der Waals surface area contributed by atoms with Crippen LogP contribution in [0.15, 0.2) is 54.9 Å². The van der Waals surface area contributed by atoms with Gasteiger partial charge in [-0.3, -0.25) is 4.79 Å². The second-order valence-electron chi connectivity index (χ2n) is 7.10. The Morgan fingerprint density at radius 3 is 2.59 bits per heavy atom. The van der Waals surface area contributed by atoms with E-state index in [0.29, 0.717) is 11.5 Å². The SMILES string of the molecule is Cc1ccc(NC(=O)c2cnc(N3c4ccccc4CC3C)nc2)c(C)c1. The highest BCUT2D eigenvalue weighted by Crippen LogP contribution is 2.36. The molecular formula is C22H22N4O. The number of hydrogen-bond acceptors (Lipinski definition) is 4. The van der Waals surface area contributed by atoms with Crippen molar-refractivity contribution in [2.75, 3.05) is 10.2 Å². The number of benzene rings is 2. The number of amides is 1. The van der Waals surface area contributed by atoms with E-state index in [1.165, 1.54) is 5.56 Å². The van der Waals surface area contributed by atoms with Gasteiger partial charge in [-0.05, 0) is 50.5 Å². The average Bonchev–Trinajstić information content (AvgIpc) is 3.00. The second kappa shape index (κ2) is 6.83. The molecule has 27 heavy (non-hydrogen) atoms. The quantitative estimate of drug-likeness (QED) is 0.752. The molecule has 1 amide bonds. The maximum absolute atomic E-state index is 12.5. The minimum Gasteiger partial charge on any atom is -0.322 e. The number of nitrogens with zero attached hydrogens (tertiary/aromatic N) is 3. The van der Waals surface area contributed by atoms with Crippen LogP contribution in [0.2, 0.25) is 0 Å². The maximum atomic E-state index is 12.5. The number of anilines is 3. The van der Waals surface area contributed by atoms with Crippen LogP contribution in [0.3, 0.4) is 0 Å². The minimum atomic E-state index is -0.205. The van der Waals surface area contributed by atoms with Gasteiger partial charge in [-0.2, -0.15) is 0 Å². The fourth-order valence-corrected chi connectivity index (χ4v) is 3.58. The van der Waals surface area contributed by atoms with E-state index in [1.54, 1.807) is 12.4 Å². The third kappa shape index (κ3) is 3.28. The summed E-state index contributed by atoms with van der Waals surface area (Å²) in [5.74, 6) is 0.416. The summed E-state index contributed by atoms with van der Waals surface area (Å²) in [5.41, 5.74) is 5.87. The average molecular weight is 358 g/mol. The van der Waals surface area contributed by atoms with Gasteiger partial charge in [-0.25, -0.2) is 9.97 Å². The molecule has 0 saturated heterocycles. The predicted molar refractivity (Wildman–Crippen MR) is 108 cm³/mol. The van der Waals surface area contributed by atoms with E-state index in [1.807, 2.05) is 38.1 Å². The van der Waals surface area contributed by atoms with E-state index in [9.17, 15) is 4.79 Å². The number of fused-ring (bicyclic) bond motifs is 1. The lowest BCUT2D eigenvalue weighted by molar-refractivity contribution is 0.102. The Morgan fingerprint density at radius 2 is 1.85 bits per heavy atom. The molecule has 136 valence electrons. The largest absolute Gasteiger partial charge is 0.322 e. The molecule has 1 unspecified atom stereocenters. The molecule has 1 atom stereocenters. The van der Waals surface area contributed by atoms with Crippen molar-refractivity contribution >= 4 is 23.2 Å². The normalized spacial score (nSPS) is 15.5. The number of rotatable bonds is 3. The van der Waals surface area contributed by atoms with Crippen molar-refractivity contribution in [2.45, 2.75) is 33.2 Å². The van der Waals surface area contributed by atoms with E-state index in [2.05, 4.69) is 45.3 Å². The van der Waals surface area contributed by atoms with Crippen LogP contribution in [0.25, 0.3) is 0 Å². The van der Waals surface area contributed by atoms with Crippen LogP contribution >= 0.6 is 0 Å². The Kier molecular flexibility index (Phi) is 4.36. The summed E-state index contributed by atoms with van der Waals surface area (Å²) in [6.45, 7) is 6.17. The van der Waals surface area contributed by atoms with Gasteiger partial charge in [0.25, 0.3) is 5.91 Å². The van der Waals surface area contributed by atoms with Crippen LogP contribution in [0.5, 0.6) is 0 Å². The summed E-state index contributed by atoms with van der Waals surface area (Å²) in [6, 6.07) is 14.5. The zero-order chi connectivity index (χ0) is 19.0. The van der Waals surface area contributed by atoms with Crippen LogP contribution in [-0.4, -0.2) is 21.9 Å². The van der Waals surface area contributed by atoms with Crippen LogP contribution in [-0.2, 0) is 6.42 Å². The molecule has 0 saturated carbocycles. The van der Waals surface area contributed by atoms with Gasteiger partial charge in [0.1, 0.15) is 0 Å². The summed E-state index contributed by atoms with van der Waals surface area (Å²) >= 11 is 0. The maximum Gasteiger partial charge on any atom is 0.258 e. The topological polar surface area (TPSA) is 58.1 Å². The molecule has 0 aliphatic carbocycles. The van der Waals surface area contributed by atoms with Crippen molar-refractivity contribution in [3.63, 3.8) is 0 Å². The Labute approximate surface area is 159 Å². The van der Waals surface area contributed by atoms with E-state index in [0.717, 1.165) is 28.9 Å². The van der Waals surface area contributed by atoms with E-state index < -0.39 is 0 Å². The molecule has 5 heteroatoms. The number of carbonyl (C=O) groups excluding carboxylic acids is 1. The van der Waals surface area contributed by atoms with Crippen LogP contribution in [0, 0.1) is 13.8 Å². The molecule has 1 aromatic heterocycles. The van der Waals surface area contributed by atoms with Gasteiger partial charge in [-0.15, -0.1) is 0 Å². The molecule has 0 radical (unpaired) electrons. The Bertz CT molecular complexity index is 997. The van der Waals surface area contributed by atoms with Crippen molar-refractivity contribution in [3.05, 3.63) is 77.1 Å². The van der Waals surface area contributed by atoms with Crippen LogP contribution < -0.4 is 10.2 Å².